The summed E-state index contributed by atoms with van der Waals surface area (Å²) < 4.78 is 5.82. The molecule has 0 bridgehead atoms. The molecule has 0 aliphatic carbocycles. The van der Waals surface area contributed by atoms with Crippen molar-refractivity contribution in [3.05, 3.63) is 53.5 Å². The highest BCUT2D eigenvalue weighted by Gasteiger charge is 2.20. The van der Waals surface area contributed by atoms with Gasteiger partial charge in [-0.1, -0.05) is 19.1 Å². The van der Waals surface area contributed by atoms with Crippen molar-refractivity contribution in [1.82, 2.24) is 25.1 Å². The van der Waals surface area contributed by atoms with Gasteiger partial charge in [-0.25, -0.2) is 9.97 Å². The van der Waals surface area contributed by atoms with E-state index in [1.807, 2.05) is 51.0 Å². The minimum absolute atomic E-state index is 0.0840. The zero-order chi connectivity index (χ0) is 28.2. The highest BCUT2D eigenvalue weighted by Crippen LogP contribution is 2.23. The Bertz CT molecular complexity index is 1150. The molecule has 1 aromatic carbocycles. The third-order valence-electron chi connectivity index (χ3n) is 5.76. The average molecular weight is 526 g/mol. The first-order chi connectivity index (χ1) is 18.0. The lowest BCUT2D eigenvalue weighted by molar-refractivity contribution is -0.135. The maximum absolute atomic E-state index is 12.4. The number of nitrogens with zero attached hydrogens (tertiary/aromatic N) is 4. The molecule has 0 aliphatic rings. The molecule has 0 aliphatic heterocycles. The average Bonchev–Trinajstić information content (AvgIpc) is 2.87. The van der Waals surface area contributed by atoms with Gasteiger partial charge in [0, 0.05) is 38.0 Å². The Hall–Kier alpha value is -3.99. The first-order valence-electron chi connectivity index (χ1n) is 12.6. The first kappa shape index (κ1) is 30.2. The van der Waals surface area contributed by atoms with Crippen LogP contribution in [-0.2, 0) is 16.0 Å². The number of primary amides is 1. The van der Waals surface area contributed by atoms with Crippen molar-refractivity contribution < 1.29 is 19.1 Å². The molecule has 0 spiro atoms. The minimum atomic E-state index is -0.658. The van der Waals surface area contributed by atoms with E-state index < -0.39 is 11.9 Å². The molecular formula is C27H39N7O4. The summed E-state index contributed by atoms with van der Waals surface area (Å²) in [6.45, 7) is 6.88. The normalized spacial score (nSPS) is 11.9. The van der Waals surface area contributed by atoms with Crippen LogP contribution in [-0.4, -0.2) is 84.4 Å². The van der Waals surface area contributed by atoms with Crippen LogP contribution in [0.15, 0.2) is 36.4 Å². The highest BCUT2D eigenvalue weighted by molar-refractivity contribution is 5.96. The summed E-state index contributed by atoms with van der Waals surface area (Å²) in [5.74, 6) is -0.215. The number of likely N-dealkylation sites (N-methyl/N-ethyl adjacent to an activating group) is 2. The lowest BCUT2D eigenvalue weighted by Crippen LogP contribution is -2.45. The molecule has 1 heterocycles. The van der Waals surface area contributed by atoms with Crippen molar-refractivity contribution in [3.63, 3.8) is 0 Å². The predicted octanol–water partition coefficient (Wildman–Crippen LogP) is 2.04. The van der Waals surface area contributed by atoms with Gasteiger partial charge in [0.25, 0.3) is 5.91 Å². The third kappa shape index (κ3) is 9.15. The van der Waals surface area contributed by atoms with Gasteiger partial charge in [0.05, 0.1) is 18.0 Å². The number of aromatic nitrogens is 2. The van der Waals surface area contributed by atoms with E-state index >= 15 is 0 Å². The second-order valence-corrected chi connectivity index (χ2v) is 9.11. The molecule has 0 saturated heterocycles. The molecule has 11 nitrogen and oxygen atoms in total. The number of ether oxygens (including phenoxy) is 1. The van der Waals surface area contributed by atoms with Gasteiger partial charge in [-0.15, -0.1) is 0 Å². The molecule has 2 aromatic rings. The number of amides is 3. The van der Waals surface area contributed by atoms with Crippen molar-refractivity contribution in [2.45, 2.75) is 39.7 Å². The zero-order valence-electron chi connectivity index (χ0n) is 23.1. The fourth-order valence-corrected chi connectivity index (χ4v) is 3.42. The Morgan fingerprint density at radius 3 is 2.58 bits per heavy atom. The summed E-state index contributed by atoms with van der Waals surface area (Å²) in [5, 5.41) is 5.94. The second-order valence-electron chi connectivity index (χ2n) is 9.11. The molecule has 0 saturated carbocycles. The van der Waals surface area contributed by atoms with Crippen LogP contribution in [0.4, 0.5) is 11.5 Å². The maximum Gasteiger partial charge on any atom is 0.271 e. The maximum atomic E-state index is 12.4. The molecule has 0 fully saturated rings. The molecule has 11 heteroatoms. The van der Waals surface area contributed by atoms with Crippen molar-refractivity contribution in [2.24, 2.45) is 5.73 Å². The summed E-state index contributed by atoms with van der Waals surface area (Å²) in [6, 6.07) is 6.62. The number of anilines is 2. The van der Waals surface area contributed by atoms with Crippen LogP contribution in [0.3, 0.4) is 0 Å². The number of aryl methyl sites for hydroxylation is 2. The molecule has 0 unspecified atom stereocenters. The van der Waals surface area contributed by atoms with Gasteiger partial charge in [0.1, 0.15) is 11.8 Å². The lowest BCUT2D eigenvalue weighted by Gasteiger charge is -2.23. The number of nitrogens with one attached hydrogen (secondary N) is 2. The highest BCUT2D eigenvalue weighted by atomic mass is 16.5. The molecule has 1 aromatic heterocycles. The van der Waals surface area contributed by atoms with E-state index in [9.17, 15) is 14.4 Å². The monoisotopic (exact) mass is 525 g/mol. The van der Waals surface area contributed by atoms with E-state index in [-0.39, 0.29) is 23.3 Å². The standard InChI is InChI=1S/C27H39N7O4/c1-7-22-18(2)30-26(24(32-22)25(28)36)31-20-11-8-12-21(17-20)38-16-10-14-29-27(37)19(3)34(6)23(35)13-9-15-33(4)5/h8-9,11-13,17,19H,7,10,14-16H2,1-6H3,(H2,28,36)(H,29,37)(H,30,31)/b13-9+/t19-/m0/s1. The smallest absolute Gasteiger partial charge is 0.271 e. The van der Waals surface area contributed by atoms with Crippen LogP contribution < -0.4 is 21.1 Å². The largest absolute Gasteiger partial charge is 0.493 e. The van der Waals surface area contributed by atoms with Crippen LogP contribution >= 0.6 is 0 Å². The quantitative estimate of drug-likeness (QED) is 0.251. The van der Waals surface area contributed by atoms with Crippen molar-refractivity contribution >= 4 is 29.2 Å². The van der Waals surface area contributed by atoms with Crippen molar-refractivity contribution in [1.29, 1.82) is 0 Å². The van der Waals surface area contributed by atoms with E-state index in [1.165, 1.54) is 11.0 Å². The Labute approximate surface area is 224 Å². The Kier molecular flexibility index (Phi) is 11.7. The van der Waals surface area contributed by atoms with E-state index in [1.54, 1.807) is 26.1 Å². The molecule has 206 valence electrons. The number of hydrogen-bond donors (Lipinski definition) is 3. The minimum Gasteiger partial charge on any atom is -0.493 e. The van der Waals surface area contributed by atoms with Crippen molar-refractivity contribution in [3.8, 4) is 5.75 Å². The Morgan fingerprint density at radius 1 is 1.18 bits per heavy atom. The van der Waals surface area contributed by atoms with Crippen LogP contribution in [0.2, 0.25) is 0 Å². The van der Waals surface area contributed by atoms with Gasteiger partial charge < -0.3 is 30.9 Å². The van der Waals surface area contributed by atoms with Crippen molar-refractivity contribution in [2.75, 3.05) is 46.2 Å². The summed E-state index contributed by atoms with van der Waals surface area (Å²) >= 11 is 0. The number of benzene rings is 1. The van der Waals surface area contributed by atoms with E-state index in [4.69, 9.17) is 10.5 Å². The molecule has 4 N–H and O–H groups in total. The molecule has 0 radical (unpaired) electrons. The molecule has 38 heavy (non-hydrogen) atoms. The topological polar surface area (TPSA) is 143 Å². The molecule has 1 atom stereocenters. The fourth-order valence-electron chi connectivity index (χ4n) is 3.42. The summed E-state index contributed by atoms with van der Waals surface area (Å²) in [4.78, 5) is 48.7. The van der Waals surface area contributed by atoms with E-state index in [0.717, 1.165) is 11.4 Å². The molecular weight excluding hydrogens is 486 g/mol. The van der Waals surface area contributed by atoms with Crippen LogP contribution in [0.25, 0.3) is 0 Å². The number of rotatable bonds is 14. The first-order valence-corrected chi connectivity index (χ1v) is 12.6. The lowest BCUT2D eigenvalue weighted by atomic mass is 10.2. The number of nitrogens with two attached hydrogens (primary N) is 1. The third-order valence-corrected chi connectivity index (χ3v) is 5.76. The van der Waals surface area contributed by atoms with Gasteiger partial charge in [0.2, 0.25) is 11.8 Å². The fraction of sp³-hybridized carbons (Fsp3) is 0.444. The van der Waals surface area contributed by atoms with Gasteiger partial charge in [-0.05, 0) is 52.9 Å². The van der Waals surface area contributed by atoms with Gasteiger partial charge in [-0.2, -0.15) is 0 Å². The number of carbonyl (C=O) groups excluding carboxylic acids is 3. The number of hydrogen-bond acceptors (Lipinski definition) is 8. The molecule has 3 amide bonds. The summed E-state index contributed by atoms with van der Waals surface area (Å²) in [7, 11) is 5.43. The molecule has 2 rings (SSSR count). The second kappa shape index (κ2) is 14.7. The van der Waals surface area contributed by atoms with Crippen LogP contribution in [0.5, 0.6) is 5.75 Å². The van der Waals surface area contributed by atoms with Gasteiger partial charge in [-0.3, -0.25) is 14.4 Å². The van der Waals surface area contributed by atoms with Crippen LogP contribution in [0.1, 0.15) is 42.1 Å². The number of carbonyl (C=O) groups is 3. The van der Waals surface area contributed by atoms with Gasteiger partial charge in [0.15, 0.2) is 11.5 Å². The zero-order valence-corrected chi connectivity index (χ0v) is 23.1. The Morgan fingerprint density at radius 2 is 1.92 bits per heavy atom. The Balaban J connectivity index is 1.85. The van der Waals surface area contributed by atoms with E-state index in [2.05, 4.69) is 20.6 Å². The predicted molar refractivity (Wildman–Crippen MR) is 147 cm³/mol. The summed E-state index contributed by atoms with van der Waals surface area (Å²) in [6.07, 6.45) is 4.46. The van der Waals surface area contributed by atoms with Gasteiger partial charge >= 0.3 is 0 Å². The van der Waals surface area contributed by atoms with Crippen LogP contribution in [0, 0.1) is 6.92 Å². The van der Waals surface area contributed by atoms with E-state index in [0.29, 0.717) is 44.0 Å². The summed E-state index contributed by atoms with van der Waals surface area (Å²) in [5.41, 5.74) is 7.70. The SMILES string of the molecule is CCc1nc(C(N)=O)c(Nc2cccc(OCCCNC(=O)[C@H](C)N(C)C(=O)/C=C/CN(C)C)c2)nc1C.